The molecule has 0 aliphatic rings. The molecule has 0 aliphatic heterocycles. The largest absolute Gasteiger partial charge is 0.444 e. The number of primary amides is 1. The van der Waals surface area contributed by atoms with E-state index in [-0.39, 0.29) is 12.8 Å². The van der Waals surface area contributed by atoms with E-state index in [1.807, 2.05) is 57.2 Å². The van der Waals surface area contributed by atoms with E-state index in [1.54, 1.807) is 40.7 Å². The van der Waals surface area contributed by atoms with E-state index in [0.29, 0.717) is 11.3 Å². The molecule has 0 saturated carbocycles. The van der Waals surface area contributed by atoms with Crippen molar-refractivity contribution in [1.29, 1.82) is 0 Å². The maximum atomic E-state index is 14.1. The molecule has 9 nitrogen and oxygen atoms in total. The van der Waals surface area contributed by atoms with Gasteiger partial charge in [-0.15, -0.1) is 0 Å². The second kappa shape index (κ2) is 13.3. The van der Waals surface area contributed by atoms with Crippen molar-refractivity contribution in [3.8, 4) is 0 Å². The number of ether oxygens (including phenoxy) is 1. The zero-order chi connectivity index (χ0) is 29.5. The molecule has 39 heavy (non-hydrogen) atoms. The van der Waals surface area contributed by atoms with Crippen LogP contribution in [0.4, 0.5) is 10.5 Å². The van der Waals surface area contributed by atoms with Gasteiger partial charge < -0.3 is 26.0 Å². The van der Waals surface area contributed by atoms with E-state index in [0.717, 1.165) is 16.7 Å². The molecule has 0 heterocycles. The van der Waals surface area contributed by atoms with Crippen molar-refractivity contribution in [3.05, 3.63) is 64.7 Å². The molecule has 0 aromatic heterocycles. The predicted molar refractivity (Wildman–Crippen MR) is 152 cm³/mol. The van der Waals surface area contributed by atoms with Crippen molar-refractivity contribution in [3.63, 3.8) is 0 Å². The molecule has 212 valence electrons. The first-order chi connectivity index (χ1) is 18.1. The molecular formula is C30H42N4O5. The quantitative estimate of drug-likeness (QED) is 0.404. The summed E-state index contributed by atoms with van der Waals surface area (Å²) in [4.78, 5) is 53.7. The van der Waals surface area contributed by atoms with Crippen LogP contribution in [-0.2, 0) is 19.1 Å². The van der Waals surface area contributed by atoms with Gasteiger partial charge in [0.2, 0.25) is 11.8 Å². The van der Waals surface area contributed by atoms with Crippen LogP contribution in [0.3, 0.4) is 0 Å². The lowest BCUT2D eigenvalue weighted by molar-refractivity contribution is -0.143. The number of nitrogens with zero attached hydrogens (tertiary/aromatic N) is 1. The Labute approximate surface area is 231 Å². The van der Waals surface area contributed by atoms with Gasteiger partial charge in [0.1, 0.15) is 17.7 Å². The fourth-order valence-corrected chi connectivity index (χ4v) is 4.14. The van der Waals surface area contributed by atoms with Gasteiger partial charge in [0, 0.05) is 18.2 Å². The molecule has 4 amide bonds. The van der Waals surface area contributed by atoms with Crippen LogP contribution in [0.15, 0.2) is 42.5 Å². The summed E-state index contributed by atoms with van der Waals surface area (Å²) in [6, 6.07) is 10.4. The van der Waals surface area contributed by atoms with Crippen LogP contribution >= 0.6 is 0 Å². The normalized spacial score (nSPS) is 12.8. The van der Waals surface area contributed by atoms with Gasteiger partial charge in [-0.2, -0.15) is 0 Å². The van der Waals surface area contributed by atoms with Gasteiger partial charge in [-0.25, -0.2) is 4.79 Å². The van der Waals surface area contributed by atoms with Gasteiger partial charge in [0.15, 0.2) is 0 Å². The zero-order valence-corrected chi connectivity index (χ0v) is 24.3. The SMILES string of the molecule is Cc1ccc(C(C(=O)Nc2ccccc2C)N(C(=O)C(CCC(N)=O)NC(=O)OC(C)(C)C)C(C)C)cc1C. The second-order valence-electron chi connectivity index (χ2n) is 11.1. The molecule has 2 atom stereocenters. The van der Waals surface area contributed by atoms with Crippen LogP contribution in [0.25, 0.3) is 0 Å². The van der Waals surface area contributed by atoms with Crippen LogP contribution in [0, 0.1) is 20.8 Å². The molecule has 2 aromatic rings. The minimum Gasteiger partial charge on any atom is -0.444 e. The maximum absolute atomic E-state index is 14.1. The van der Waals surface area contributed by atoms with E-state index in [9.17, 15) is 19.2 Å². The van der Waals surface area contributed by atoms with Gasteiger partial charge in [0.05, 0.1) is 0 Å². The molecule has 2 rings (SSSR count). The smallest absolute Gasteiger partial charge is 0.408 e. The Morgan fingerprint density at radius 1 is 0.949 bits per heavy atom. The lowest BCUT2D eigenvalue weighted by Crippen LogP contribution is -2.54. The highest BCUT2D eigenvalue weighted by molar-refractivity contribution is 5.99. The minimum absolute atomic E-state index is 0.0459. The van der Waals surface area contributed by atoms with Gasteiger partial charge in [0.25, 0.3) is 5.91 Å². The van der Waals surface area contributed by atoms with Crippen molar-refractivity contribution in [2.24, 2.45) is 5.73 Å². The third kappa shape index (κ3) is 9.12. The number of hydrogen-bond donors (Lipinski definition) is 3. The summed E-state index contributed by atoms with van der Waals surface area (Å²) in [5, 5.41) is 5.57. The van der Waals surface area contributed by atoms with Crippen molar-refractivity contribution in [2.75, 3.05) is 5.32 Å². The highest BCUT2D eigenvalue weighted by atomic mass is 16.6. The Hall–Kier alpha value is -3.88. The number of anilines is 1. The Kier molecular flexibility index (Phi) is 10.7. The third-order valence-electron chi connectivity index (χ3n) is 6.26. The summed E-state index contributed by atoms with van der Waals surface area (Å²) >= 11 is 0. The van der Waals surface area contributed by atoms with E-state index < -0.39 is 47.5 Å². The number of benzene rings is 2. The minimum atomic E-state index is -1.14. The number of carbonyl (C=O) groups excluding carboxylic acids is 4. The van der Waals surface area contributed by atoms with Crippen molar-refractivity contribution < 1.29 is 23.9 Å². The number of hydrogen-bond acceptors (Lipinski definition) is 5. The Bertz CT molecular complexity index is 1200. The molecule has 0 saturated heterocycles. The monoisotopic (exact) mass is 538 g/mol. The predicted octanol–water partition coefficient (Wildman–Crippen LogP) is 4.69. The van der Waals surface area contributed by atoms with Crippen LogP contribution in [-0.4, -0.2) is 46.4 Å². The molecule has 0 spiro atoms. The number of nitrogens with two attached hydrogens (primary N) is 1. The Morgan fingerprint density at radius 3 is 2.13 bits per heavy atom. The number of rotatable bonds is 10. The summed E-state index contributed by atoms with van der Waals surface area (Å²) in [7, 11) is 0. The van der Waals surface area contributed by atoms with Gasteiger partial charge in [-0.1, -0.05) is 36.4 Å². The third-order valence-corrected chi connectivity index (χ3v) is 6.26. The maximum Gasteiger partial charge on any atom is 0.408 e. The highest BCUT2D eigenvalue weighted by Gasteiger charge is 2.38. The van der Waals surface area contributed by atoms with E-state index in [4.69, 9.17) is 10.5 Å². The summed E-state index contributed by atoms with van der Waals surface area (Å²) in [5.74, 6) is -1.54. The summed E-state index contributed by atoms with van der Waals surface area (Å²) in [6.07, 6.45) is -0.988. The van der Waals surface area contributed by atoms with Crippen LogP contribution in [0.5, 0.6) is 0 Å². The number of amides is 4. The number of alkyl carbamates (subject to hydrolysis) is 1. The number of para-hydroxylation sites is 1. The average molecular weight is 539 g/mol. The Balaban J connectivity index is 2.57. The lowest BCUT2D eigenvalue weighted by Gasteiger charge is -2.37. The summed E-state index contributed by atoms with van der Waals surface area (Å²) < 4.78 is 5.36. The molecular weight excluding hydrogens is 496 g/mol. The fourth-order valence-electron chi connectivity index (χ4n) is 4.14. The van der Waals surface area contributed by atoms with E-state index in [1.165, 1.54) is 4.90 Å². The zero-order valence-electron chi connectivity index (χ0n) is 24.3. The van der Waals surface area contributed by atoms with Crippen molar-refractivity contribution >= 4 is 29.5 Å². The molecule has 0 radical (unpaired) electrons. The van der Waals surface area contributed by atoms with E-state index in [2.05, 4.69) is 10.6 Å². The van der Waals surface area contributed by atoms with Crippen LogP contribution in [0.1, 0.15) is 75.8 Å². The van der Waals surface area contributed by atoms with Crippen LogP contribution < -0.4 is 16.4 Å². The molecule has 9 heteroatoms. The number of nitrogens with one attached hydrogen (secondary N) is 2. The first kappa shape index (κ1) is 31.3. The molecule has 2 unspecified atom stereocenters. The topological polar surface area (TPSA) is 131 Å². The second-order valence-corrected chi connectivity index (χ2v) is 11.1. The average Bonchev–Trinajstić information content (AvgIpc) is 2.81. The molecule has 0 aliphatic carbocycles. The first-order valence-electron chi connectivity index (χ1n) is 13.1. The summed E-state index contributed by atoms with van der Waals surface area (Å²) in [5.41, 5.74) is 8.71. The van der Waals surface area contributed by atoms with Crippen LogP contribution in [0.2, 0.25) is 0 Å². The molecule has 2 aromatic carbocycles. The molecule has 0 bridgehead atoms. The van der Waals surface area contributed by atoms with Crippen molar-refractivity contribution in [2.45, 2.75) is 92.0 Å². The molecule has 0 fully saturated rings. The number of aryl methyl sites for hydroxylation is 3. The van der Waals surface area contributed by atoms with Gasteiger partial charge in [-0.05, 0) is 90.1 Å². The molecule has 4 N–H and O–H groups in total. The highest BCUT2D eigenvalue weighted by Crippen LogP contribution is 2.29. The summed E-state index contributed by atoms with van der Waals surface area (Å²) in [6.45, 7) is 14.5. The Morgan fingerprint density at radius 2 is 1.59 bits per heavy atom. The van der Waals surface area contributed by atoms with Gasteiger partial charge >= 0.3 is 6.09 Å². The first-order valence-corrected chi connectivity index (χ1v) is 13.1. The van der Waals surface area contributed by atoms with Crippen molar-refractivity contribution in [1.82, 2.24) is 10.2 Å². The fraction of sp³-hybridized carbons (Fsp3) is 0.467. The van der Waals surface area contributed by atoms with E-state index >= 15 is 0 Å². The van der Waals surface area contributed by atoms with Gasteiger partial charge in [-0.3, -0.25) is 14.4 Å². The number of carbonyl (C=O) groups is 4. The lowest BCUT2D eigenvalue weighted by atomic mass is 9.96. The standard InChI is InChI=1S/C30H42N4O5/c1-18(2)34(28(37)24(15-16-25(31)35)33-29(38)39-30(6,7)8)26(22-14-13-19(3)21(5)17-22)27(36)32-23-12-10-9-11-20(23)4/h9-14,17-18,24,26H,15-16H2,1-8H3,(H2,31,35)(H,32,36)(H,33,38).